The quantitative estimate of drug-likeness (QED) is 0.496. The molecular formula is C29H36N8O3. The van der Waals surface area contributed by atoms with E-state index in [4.69, 9.17) is 19.7 Å². The van der Waals surface area contributed by atoms with E-state index in [-0.39, 0.29) is 5.91 Å². The van der Waals surface area contributed by atoms with Gasteiger partial charge in [0.1, 0.15) is 17.4 Å². The third kappa shape index (κ3) is 4.65. The van der Waals surface area contributed by atoms with Gasteiger partial charge in [0.15, 0.2) is 5.82 Å². The standard InChI is InChI=1S/C29H36N8O3/c1-17(38)23-13-19-14-30-29(34-26(19)27(32-23)37-20-4-5-21(37)7-6-20)33-25-8-3-18-15-36(10-9-22(18)31-25)28(39)24-16-35(2)11-12-40-24/h3,8,13-14,17,20-21,24,38H,4-7,9-12,15-16H2,1-2H3,(H,30,31,33,34). The van der Waals surface area contributed by atoms with Crippen molar-refractivity contribution in [2.75, 3.05) is 43.5 Å². The Labute approximate surface area is 233 Å². The molecule has 0 spiro atoms. The van der Waals surface area contributed by atoms with Crippen molar-refractivity contribution in [3.05, 3.63) is 41.3 Å². The number of likely N-dealkylation sites (N-methyl/N-ethyl adjacent to an activating group) is 1. The lowest BCUT2D eigenvalue weighted by Gasteiger charge is -2.35. The molecule has 3 saturated heterocycles. The lowest BCUT2D eigenvalue weighted by Crippen LogP contribution is -2.50. The van der Waals surface area contributed by atoms with Crippen LogP contribution in [0.1, 0.15) is 55.7 Å². The number of carbonyl (C=O) groups is 1. The van der Waals surface area contributed by atoms with Gasteiger partial charge in [-0.3, -0.25) is 4.79 Å². The van der Waals surface area contributed by atoms with Crippen LogP contribution in [-0.2, 0) is 22.5 Å². The normalized spacial score (nSPS) is 25.3. The minimum absolute atomic E-state index is 0.0542. The Hall–Kier alpha value is -3.41. The number of aliphatic hydroxyl groups excluding tert-OH is 1. The Bertz CT molecular complexity index is 1430. The van der Waals surface area contributed by atoms with Crippen molar-refractivity contribution < 1.29 is 14.6 Å². The lowest BCUT2D eigenvalue weighted by molar-refractivity contribution is -0.149. The zero-order valence-corrected chi connectivity index (χ0v) is 23.1. The highest BCUT2D eigenvalue weighted by atomic mass is 16.5. The topological polar surface area (TPSA) is 120 Å². The van der Waals surface area contributed by atoms with E-state index in [1.807, 2.05) is 30.1 Å². The highest BCUT2D eigenvalue weighted by molar-refractivity contribution is 5.90. The van der Waals surface area contributed by atoms with Crippen LogP contribution >= 0.6 is 0 Å². The molecule has 0 aliphatic carbocycles. The number of morpholine rings is 1. The van der Waals surface area contributed by atoms with Crippen molar-refractivity contribution in [2.45, 2.75) is 69.9 Å². The number of anilines is 3. The number of hydrogen-bond donors (Lipinski definition) is 2. The maximum absolute atomic E-state index is 13.1. The fraction of sp³-hybridized carbons (Fsp3) is 0.552. The first kappa shape index (κ1) is 25.6. The van der Waals surface area contributed by atoms with Crippen molar-refractivity contribution in [3.63, 3.8) is 0 Å². The van der Waals surface area contributed by atoms with Gasteiger partial charge in [-0.2, -0.15) is 0 Å². The summed E-state index contributed by atoms with van der Waals surface area (Å²) in [5.74, 6) is 2.04. The van der Waals surface area contributed by atoms with E-state index < -0.39 is 12.2 Å². The summed E-state index contributed by atoms with van der Waals surface area (Å²) < 4.78 is 5.75. The summed E-state index contributed by atoms with van der Waals surface area (Å²) in [7, 11) is 2.02. The molecule has 3 fully saturated rings. The minimum atomic E-state index is -0.663. The van der Waals surface area contributed by atoms with E-state index in [0.29, 0.717) is 62.2 Å². The Morgan fingerprint density at radius 2 is 1.93 bits per heavy atom. The highest BCUT2D eigenvalue weighted by Gasteiger charge is 2.41. The van der Waals surface area contributed by atoms with Gasteiger partial charge in [-0.25, -0.2) is 19.9 Å². The van der Waals surface area contributed by atoms with Gasteiger partial charge in [-0.15, -0.1) is 0 Å². The van der Waals surface area contributed by atoms with Crippen LogP contribution in [0, 0.1) is 0 Å². The lowest BCUT2D eigenvalue weighted by atomic mass is 10.0. The second-order valence-electron chi connectivity index (χ2n) is 11.6. The molecule has 2 bridgehead atoms. The second kappa shape index (κ2) is 10.2. The average Bonchev–Trinajstić information content (AvgIpc) is 3.56. The largest absolute Gasteiger partial charge is 0.387 e. The minimum Gasteiger partial charge on any atom is -0.387 e. The Balaban J connectivity index is 1.12. The van der Waals surface area contributed by atoms with Gasteiger partial charge in [-0.1, -0.05) is 6.07 Å². The summed E-state index contributed by atoms with van der Waals surface area (Å²) in [6, 6.07) is 6.79. The molecule has 0 radical (unpaired) electrons. The molecule has 11 heteroatoms. The van der Waals surface area contributed by atoms with Gasteiger partial charge >= 0.3 is 0 Å². The van der Waals surface area contributed by atoms with Gasteiger partial charge in [0, 0.05) is 62.0 Å². The van der Waals surface area contributed by atoms with Gasteiger partial charge in [0.2, 0.25) is 5.95 Å². The molecule has 11 nitrogen and oxygen atoms in total. The molecule has 210 valence electrons. The average molecular weight is 545 g/mol. The highest BCUT2D eigenvalue weighted by Crippen LogP contribution is 2.42. The molecular weight excluding hydrogens is 508 g/mol. The van der Waals surface area contributed by atoms with Crippen LogP contribution in [0.3, 0.4) is 0 Å². The number of aromatic nitrogens is 4. The summed E-state index contributed by atoms with van der Waals surface area (Å²) in [6.07, 6.45) is 6.13. The van der Waals surface area contributed by atoms with Gasteiger partial charge in [0.25, 0.3) is 5.91 Å². The van der Waals surface area contributed by atoms with Crippen LogP contribution in [0.25, 0.3) is 10.9 Å². The third-order valence-electron chi connectivity index (χ3n) is 8.84. The fourth-order valence-electron chi connectivity index (χ4n) is 6.67. The maximum atomic E-state index is 13.1. The van der Waals surface area contributed by atoms with E-state index in [1.165, 1.54) is 25.7 Å². The van der Waals surface area contributed by atoms with Gasteiger partial charge in [0.05, 0.1) is 18.4 Å². The predicted molar refractivity (Wildman–Crippen MR) is 150 cm³/mol. The molecule has 7 rings (SSSR count). The molecule has 2 unspecified atom stereocenters. The molecule has 1 amide bonds. The number of nitrogens with one attached hydrogen (secondary N) is 1. The molecule has 3 aromatic rings. The van der Waals surface area contributed by atoms with Crippen LogP contribution < -0.4 is 10.2 Å². The Morgan fingerprint density at radius 1 is 1.12 bits per heavy atom. The molecule has 40 heavy (non-hydrogen) atoms. The zero-order valence-electron chi connectivity index (χ0n) is 23.1. The Kier molecular flexibility index (Phi) is 6.52. The number of aliphatic hydroxyl groups is 1. The molecule has 7 heterocycles. The van der Waals surface area contributed by atoms with Crippen molar-refractivity contribution in [2.24, 2.45) is 0 Å². The molecule has 4 aliphatic heterocycles. The van der Waals surface area contributed by atoms with Crippen LogP contribution in [-0.4, -0.2) is 92.2 Å². The molecule has 0 saturated carbocycles. The Morgan fingerprint density at radius 3 is 2.67 bits per heavy atom. The predicted octanol–water partition coefficient (Wildman–Crippen LogP) is 2.56. The number of pyridine rings is 2. The van der Waals surface area contributed by atoms with Crippen molar-refractivity contribution >= 4 is 34.4 Å². The van der Waals surface area contributed by atoms with Crippen molar-refractivity contribution in [1.29, 1.82) is 0 Å². The van der Waals surface area contributed by atoms with Crippen LogP contribution in [0.15, 0.2) is 24.4 Å². The van der Waals surface area contributed by atoms with Crippen molar-refractivity contribution in [3.8, 4) is 0 Å². The summed E-state index contributed by atoms with van der Waals surface area (Å²) >= 11 is 0. The summed E-state index contributed by atoms with van der Waals surface area (Å²) in [4.78, 5) is 38.7. The fourth-order valence-corrected chi connectivity index (χ4v) is 6.67. The first-order chi connectivity index (χ1) is 19.4. The monoisotopic (exact) mass is 544 g/mol. The molecule has 0 aromatic carbocycles. The SMILES string of the molecule is CC(O)c1cc2cnc(Nc3ccc4c(n3)CCN(C(=O)C3CN(C)CCO3)C4)nc2c(N2C3CCC2CC3)n1. The van der Waals surface area contributed by atoms with Gasteiger partial charge in [-0.05, 0) is 57.4 Å². The third-order valence-corrected chi connectivity index (χ3v) is 8.84. The van der Waals surface area contributed by atoms with E-state index in [9.17, 15) is 9.90 Å². The number of ether oxygens (including phenoxy) is 1. The van der Waals surface area contributed by atoms with Crippen LogP contribution in [0.4, 0.5) is 17.6 Å². The summed E-state index contributed by atoms with van der Waals surface area (Å²) in [5.41, 5.74) is 3.47. The number of rotatable bonds is 5. The number of fused-ring (bicyclic) bond motifs is 4. The molecule has 2 atom stereocenters. The number of nitrogens with zero attached hydrogens (tertiary/aromatic N) is 7. The van der Waals surface area contributed by atoms with Crippen LogP contribution in [0.5, 0.6) is 0 Å². The maximum Gasteiger partial charge on any atom is 0.253 e. The van der Waals surface area contributed by atoms with E-state index in [2.05, 4.69) is 20.1 Å². The molecule has 4 aliphatic rings. The number of carbonyl (C=O) groups excluding carboxylic acids is 1. The number of amides is 1. The first-order valence-electron chi connectivity index (χ1n) is 14.4. The smallest absolute Gasteiger partial charge is 0.253 e. The summed E-state index contributed by atoms with van der Waals surface area (Å²) in [5, 5.41) is 14.5. The van der Waals surface area contributed by atoms with Gasteiger partial charge < -0.3 is 29.9 Å². The summed E-state index contributed by atoms with van der Waals surface area (Å²) in [6.45, 7) is 4.97. The van der Waals surface area contributed by atoms with E-state index >= 15 is 0 Å². The number of hydrogen-bond acceptors (Lipinski definition) is 10. The second-order valence-corrected chi connectivity index (χ2v) is 11.6. The van der Waals surface area contributed by atoms with E-state index in [0.717, 1.165) is 34.5 Å². The van der Waals surface area contributed by atoms with Crippen LogP contribution in [0.2, 0.25) is 0 Å². The van der Waals surface area contributed by atoms with E-state index in [1.54, 1.807) is 13.1 Å². The molecule has 2 N–H and O–H groups in total. The molecule has 3 aromatic heterocycles. The first-order valence-corrected chi connectivity index (χ1v) is 14.4. The van der Waals surface area contributed by atoms with Crippen molar-refractivity contribution in [1.82, 2.24) is 29.7 Å². The zero-order chi connectivity index (χ0) is 27.4.